The van der Waals surface area contributed by atoms with Crippen molar-refractivity contribution in [1.29, 1.82) is 0 Å². The summed E-state index contributed by atoms with van der Waals surface area (Å²) in [5, 5.41) is 0.859. The molecule has 150 valence electrons. The van der Waals surface area contributed by atoms with E-state index in [1.807, 2.05) is 62.4 Å². The monoisotopic (exact) mass is 398 g/mol. The number of ketones is 1. The Morgan fingerprint density at radius 2 is 1.67 bits per heavy atom. The van der Waals surface area contributed by atoms with E-state index in [-0.39, 0.29) is 18.0 Å². The van der Waals surface area contributed by atoms with Crippen LogP contribution in [0.3, 0.4) is 0 Å². The maximum atomic E-state index is 12.6. The summed E-state index contributed by atoms with van der Waals surface area (Å²) in [5.41, 5.74) is 4.41. The number of hydrogen-bond donors (Lipinski definition) is 0. The predicted octanol–water partition coefficient (Wildman–Crippen LogP) is 5.26. The number of hydrogen-bond acceptors (Lipinski definition) is 4. The molecule has 0 bridgehead atoms. The second kappa shape index (κ2) is 8.37. The Balaban J connectivity index is 1.55. The van der Waals surface area contributed by atoms with Gasteiger partial charge in [0.1, 0.15) is 11.3 Å². The van der Waals surface area contributed by atoms with Crippen molar-refractivity contribution in [3.05, 3.63) is 111 Å². The van der Waals surface area contributed by atoms with E-state index in [0.717, 1.165) is 22.1 Å². The molecule has 0 spiro atoms. The number of Topliss-reactive ketones (excluding diaryl/α,β-unsaturated/α-hetero) is 1. The number of fused-ring (bicyclic) bond motifs is 1. The number of rotatable bonds is 6. The first-order valence-corrected chi connectivity index (χ1v) is 9.84. The van der Waals surface area contributed by atoms with Gasteiger partial charge in [-0.3, -0.25) is 4.79 Å². The Hall–Kier alpha value is -3.66. The van der Waals surface area contributed by atoms with Gasteiger partial charge >= 0.3 is 5.63 Å². The molecule has 0 aliphatic rings. The van der Waals surface area contributed by atoms with Gasteiger partial charge in [-0.05, 0) is 37.1 Å². The largest absolute Gasteiger partial charge is 0.485 e. The first-order chi connectivity index (χ1) is 14.5. The van der Waals surface area contributed by atoms with Crippen molar-refractivity contribution >= 4 is 16.8 Å². The average molecular weight is 398 g/mol. The number of aryl methyl sites for hydroxylation is 2. The Morgan fingerprint density at radius 1 is 0.933 bits per heavy atom. The Labute approximate surface area is 174 Å². The van der Waals surface area contributed by atoms with Crippen molar-refractivity contribution < 1.29 is 13.9 Å². The molecule has 4 nitrogen and oxygen atoms in total. The maximum Gasteiger partial charge on any atom is 0.340 e. The van der Waals surface area contributed by atoms with Crippen LogP contribution in [0, 0.1) is 13.8 Å². The first kappa shape index (κ1) is 19.6. The first-order valence-electron chi connectivity index (χ1n) is 9.84. The molecule has 0 unspecified atom stereocenters. The Bertz CT molecular complexity index is 1250. The van der Waals surface area contributed by atoms with Crippen molar-refractivity contribution in [3.63, 3.8) is 0 Å². The molecular formula is C26H22O4. The fraction of sp³-hybridized carbons (Fsp3) is 0.154. The van der Waals surface area contributed by atoms with Gasteiger partial charge in [0.15, 0.2) is 12.4 Å². The second-order valence-corrected chi connectivity index (χ2v) is 7.39. The fourth-order valence-corrected chi connectivity index (χ4v) is 3.44. The normalized spacial score (nSPS) is 10.9. The molecule has 0 N–H and O–H groups in total. The number of ether oxygens (including phenoxy) is 1. The summed E-state index contributed by atoms with van der Waals surface area (Å²) in [4.78, 5) is 24.9. The van der Waals surface area contributed by atoms with E-state index in [1.54, 1.807) is 24.3 Å². The molecule has 3 aromatic carbocycles. The number of carbonyl (C=O) groups is 1. The highest BCUT2D eigenvalue weighted by Crippen LogP contribution is 2.25. The van der Waals surface area contributed by atoms with Crippen LogP contribution in [0.5, 0.6) is 5.75 Å². The third kappa shape index (κ3) is 4.18. The van der Waals surface area contributed by atoms with Gasteiger partial charge in [0.25, 0.3) is 0 Å². The van der Waals surface area contributed by atoms with Gasteiger partial charge in [-0.2, -0.15) is 0 Å². The topological polar surface area (TPSA) is 56.5 Å². The summed E-state index contributed by atoms with van der Waals surface area (Å²) >= 11 is 0. The Morgan fingerprint density at radius 3 is 2.40 bits per heavy atom. The molecule has 0 amide bonds. The van der Waals surface area contributed by atoms with Crippen molar-refractivity contribution in [2.24, 2.45) is 0 Å². The van der Waals surface area contributed by atoms with Crippen LogP contribution in [0.2, 0.25) is 0 Å². The molecule has 0 atom stereocenters. The van der Waals surface area contributed by atoms with Crippen molar-refractivity contribution in [3.8, 4) is 5.75 Å². The quantitative estimate of drug-likeness (QED) is 0.328. The summed E-state index contributed by atoms with van der Waals surface area (Å²) in [6.07, 6.45) is 0.522. The molecule has 4 rings (SSSR count). The lowest BCUT2D eigenvalue weighted by atomic mass is 10.00. The SMILES string of the molecule is Cc1ccc(C(=O)COc2ccc3c(C)c(Cc4ccccc4)c(=O)oc3c2)cc1. The zero-order valence-electron chi connectivity index (χ0n) is 17.0. The van der Waals surface area contributed by atoms with Crippen molar-refractivity contribution in [1.82, 2.24) is 0 Å². The van der Waals surface area contributed by atoms with Crippen LogP contribution in [-0.2, 0) is 6.42 Å². The number of benzene rings is 3. The lowest BCUT2D eigenvalue weighted by molar-refractivity contribution is 0.0921. The number of carbonyl (C=O) groups excluding carboxylic acids is 1. The molecule has 4 heteroatoms. The van der Waals surface area contributed by atoms with Crippen molar-refractivity contribution in [2.45, 2.75) is 20.3 Å². The highest BCUT2D eigenvalue weighted by Gasteiger charge is 2.13. The maximum absolute atomic E-state index is 12.6. The Kier molecular flexibility index (Phi) is 5.48. The van der Waals surface area contributed by atoms with Gasteiger partial charge in [0, 0.05) is 29.0 Å². The van der Waals surface area contributed by atoms with Gasteiger partial charge in [-0.15, -0.1) is 0 Å². The summed E-state index contributed by atoms with van der Waals surface area (Å²) in [7, 11) is 0. The molecule has 30 heavy (non-hydrogen) atoms. The minimum absolute atomic E-state index is 0.0795. The van der Waals surface area contributed by atoms with Crippen LogP contribution >= 0.6 is 0 Å². The van der Waals surface area contributed by atoms with Crippen molar-refractivity contribution in [2.75, 3.05) is 6.61 Å². The molecule has 0 aliphatic heterocycles. The lowest BCUT2D eigenvalue weighted by Crippen LogP contribution is -2.12. The van der Waals surface area contributed by atoms with Crippen LogP contribution in [0.4, 0.5) is 0 Å². The molecular weight excluding hydrogens is 376 g/mol. The summed E-state index contributed by atoms with van der Waals surface area (Å²) < 4.78 is 11.2. The smallest absolute Gasteiger partial charge is 0.340 e. The minimum atomic E-state index is -0.350. The second-order valence-electron chi connectivity index (χ2n) is 7.39. The third-order valence-electron chi connectivity index (χ3n) is 5.23. The molecule has 0 saturated carbocycles. The van der Waals surface area contributed by atoms with Gasteiger partial charge < -0.3 is 9.15 Å². The van der Waals surface area contributed by atoms with E-state index in [1.165, 1.54) is 0 Å². The molecule has 1 aromatic heterocycles. The highest BCUT2D eigenvalue weighted by atomic mass is 16.5. The third-order valence-corrected chi connectivity index (χ3v) is 5.23. The lowest BCUT2D eigenvalue weighted by Gasteiger charge is -2.10. The van der Waals surface area contributed by atoms with Crippen LogP contribution in [0.15, 0.2) is 82.0 Å². The molecule has 0 aliphatic carbocycles. The van der Waals surface area contributed by atoms with Gasteiger partial charge in [-0.25, -0.2) is 4.79 Å². The van der Waals surface area contributed by atoms with Gasteiger partial charge in [-0.1, -0.05) is 60.2 Å². The summed E-state index contributed by atoms with van der Waals surface area (Å²) in [6, 6.07) is 22.5. The molecule has 4 aromatic rings. The van der Waals surface area contributed by atoms with E-state index >= 15 is 0 Å². The van der Waals surface area contributed by atoms with E-state index in [9.17, 15) is 9.59 Å². The van der Waals surface area contributed by atoms with Crippen LogP contribution in [-0.4, -0.2) is 12.4 Å². The van der Waals surface area contributed by atoms with E-state index < -0.39 is 0 Å². The van der Waals surface area contributed by atoms with Crippen LogP contribution in [0.25, 0.3) is 11.0 Å². The molecule has 0 radical (unpaired) electrons. The minimum Gasteiger partial charge on any atom is -0.485 e. The zero-order chi connectivity index (χ0) is 21.1. The van der Waals surface area contributed by atoms with E-state index in [2.05, 4.69) is 0 Å². The summed E-state index contributed by atoms with van der Waals surface area (Å²) in [5.74, 6) is 0.382. The predicted molar refractivity (Wildman–Crippen MR) is 117 cm³/mol. The molecule has 0 saturated heterocycles. The summed E-state index contributed by atoms with van der Waals surface area (Å²) in [6.45, 7) is 3.82. The highest BCUT2D eigenvalue weighted by molar-refractivity contribution is 5.97. The molecule has 0 fully saturated rings. The molecule has 1 heterocycles. The van der Waals surface area contributed by atoms with E-state index in [4.69, 9.17) is 9.15 Å². The fourth-order valence-electron chi connectivity index (χ4n) is 3.44. The van der Waals surface area contributed by atoms with Crippen LogP contribution < -0.4 is 10.4 Å². The van der Waals surface area contributed by atoms with Gasteiger partial charge in [0.2, 0.25) is 0 Å². The van der Waals surface area contributed by atoms with E-state index in [0.29, 0.717) is 28.9 Å². The average Bonchev–Trinajstić information content (AvgIpc) is 2.76. The standard InChI is InChI=1S/C26H22O4/c1-17-8-10-20(11-9-17)24(27)16-29-21-12-13-22-18(2)23(26(28)30-25(22)15-21)14-19-6-4-3-5-7-19/h3-13,15H,14,16H2,1-2H3. The zero-order valence-corrected chi connectivity index (χ0v) is 17.0. The van der Waals surface area contributed by atoms with Crippen LogP contribution in [0.1, 0.15) is 32.6 Å². The van der Waals surface area contributed by atoms with Gasteiger partial charge in [0.05, 0.1) is 0 Å².